The minimum Gasteiger partial charge on any atom is -0.497 e. The number of benzene rings is 1. The average molecular weight is 383 g/mol. The lowest BCUT2D eigenvalue weighted by Gasteiger charge is -2.41. The van der Waals surface area contributed by atoms with Gasteiger partial charge in [0, 0.05) is 37.5 Å². The fraction of sp³-hybridized carbons (Fsp3) is 0.571. The Hall–Kier alpha value is -2.41. The first-order chi connectivity index (χ1) is 13.5. The smallest absolute Gasteiger partial charge is 0.242 e. The van der Waals surface area contributed by atoms with E-state index in [1.54, 1.807) is 11.8 Å². The second kappa shape index (κ2) is 7.54. The van der Waals surface area contributed by atoms with Crippen LogP contribution in [0.2, 0.25) is 0 Å². The van der Waals surface area contributed by atoms with Gasteiger partial charge in [-0.25, -0.2) is 9.67 Å². The summed E-state index contributed by atoms with van der Waals surface area (Å²) in [6, 6.07) is 8.23. The third-order valence-electron chi connectivity index (χ3n) is 5.83. The van der Waals surface area contributed by atoms with Crippen LogP contribution in [0.4, 0.5) is 0 Å². The number of fused-ring (bicyclic) bond motifs is 1. The Bertz CT molecular complexity index is 852. The second-order valence-electron chi connectivity index (χ2n) is 8.33. The molecule has 1 spiro atoms. The Morgan fingerprint density at radius 2 is 2.07 bits per heavy atom. The van der Waals surface area contributed by atoms with Crippen molar-refractivity contribution in [2.24, 2.45) is 0 Å². The van der Waals surface area contributed by atoms with Gasteiger partial charge in [0.1, 0.15) is 18.1 Å². The zero-order chi connectivity index (χ0) is 19.7. The molecule has 0 saturated carbocycles. The summed E-state index contributed by atoms with van der Waals surface area (Å²) in [7, 11) is 1.70. The number of rotatable bonds is 4. The quantitative estimate of drug-likeness (QED) is 0.876. The largest absolute Gasteiger partial charge is 0.497 e. The molecule has 1 amide bonds. The molecule has 1 aromatic heterocycles. The van der Waals surface area contributed by atoms with E-state index in [2.05, 4.69) is 41.3 Å². The van der Waals surface area contributed by atoms with Crippen molar-refractivity contribution in [2.45, 2.75) is 57.7 Å². The lowest BCUT2D eigenvalue weighted by atomic mass is 9.84. The van der Waals surface area contributed by atoms with E-state index in [0.29, 0.717) is 0 Å². The molecule has 4 rings (SSSR count). The normalized spacial score (nSPS) is 19.4. The molecule has 7 heteroatoms. The molecule has 2 aliphatic heterocycles. The van der Waals surface area contributed by atoms with Gasteiger partial charge in [0.25, 0.3) is 0 Å². The second-order valence-corrected chi connectivity index (χ2v) is 8.33. The Morgan fingerprint density at radius 1 is 1.29 bits per heavy atom. The van der Waals surface area contributed by atoms with Crippen LogP contribution in [0, 0.1) is 0 Å². The van der Waals surface area contributed by atoms with Crippen LogP contribution in [0.15, 0.2) is 24.3 Å². The molecular formula is C21H29N5O2. The highest BCUT2D eigenvalue weighted by Crippen LogP contribution is 2.29. The molecule has 3 heterocycles. The number of hydrogen-bond donors (Lipinski definition) is 1. The van der Waals surface area contributed by atoms with Gasteiger partial charge < -0.3 is 10.1 Å². The Balaban J connectivity index is 1.45. The number of carbonyl (C=O) groups is 1. The van der Waals surface area contributed by atoms with Crippen LogP contribution in [0.5, 0.6) is 5.75 Å². The number of methoxy groups -OCH3 is 1. The number of ether oxygens (including phenoxy) is 1. The van der Waals surface area contributed by atoms with Crippen LogP contribution in [-0.4, -0.2) is 51.3 Å². The van der Waals surface area contributed by atoms with Gasteiger partial charge in [0.2, 0.25) is 5.91 Å². The third-order valence-corrected chi connectivity index (χ3v) is 5.83. The molecule has 1 saturated heterocycles. The number of piperidine rings is 1. The Labute approximate surface area is 166 Å². The number of amides is 1. The molecule has 0 atom stereocenters. The Morgan fingerprint density at radius 3 is 2.79 bits per heavy atom. The van der Waals surface area contributed by atoms with Gasteiger partial charge in [0.15, 0.2) is 5.82 Å². The van der Waals surface area contributed by atoms with E-state index in [4.69, 9.17) is 9.72 Å². The maximum atomic E-state index is 12.5. The van der Waals surface area contributed by atoms with Gasteiger partial charge in [0.05, 0.1) is 7.11 Å². The van der Waals surface area contributed by atoms with Crippen molar-refractivity contribution in [2.75, 3.05) is 20.2 Å². The number of carbonyl (C=O) groups excluding carboxylic acids is 1. The molecule has 1 fully saturated rings. The summed E-state index contributed by atoms with van der Waals surface area (Å²) in [6.45, 7) is 7.23. The summed E-state index contributed by atoms with van der Waals surface area (Å²) in [4.78, 5) is 19.7. The van der Waals surface area contributed by atoms with Crippen molar-refractivity contribution in [1.29, 1.82) is 0 Å². The van der Waals surface area contributed by atoms with E-state index in [-0.39, 0.29) is 23.9 Å². The SMILES string of the molecule is COc1cccc(CN2CCC3(CC2)Cc2nc(C(C)C)nn2CC(=O)N3)c1. The van der Waals surface area contributed by atoms with Gasteiger partial charge >= 0.3 is 0 Å². The first kappa shape index (κ1) is 18.9. The van der Waals surface area contributed by atoms with Crippen molar-refractivity contribution in [1.82, 2.24) is 25.0 Å². The molecule has 0 unspecified atom stereocenters. The molecule has 28 heavy (non-hydrogen) atoms. The molecular weight excluding hydrogens is 354 g/mol. The van der Waals surface area contributed by atoms with Crippen LogP contribution in [0.25, 0.3) is 0 Å². The Kier molecular flexibility index (Phi) is 5.10. The van der Waals surface area contributed by atoms with E-state index in [1.807, 2.05) is 12.1 Å². The maximum Gasteiger partial charge on any atom is 0.242 e. The van der Waals surface area contributed by atoms with Gasteiger partial charge in [-0.05, 0) is 30.5 Å². The zero-order valence-corrected chi connectivity index (χ0v) is 16.9. The van der Waals surface area contributed by atoms with Crippen LogP contribution in [-0.2, 0) is 24.3 Å². The van der Waals surface area contributed by atoms with E-state index in [1.165, 1.54) is 5.56 Å². The number of nitrogens with zero attached hydrogens (tertiary/aromatic N) is 4. The van der Waals surface area contributed by atoms with E-state index < -0.39 is 0 Å². The lowest BCUT2D eigenvalue weighted by molar-refractivity contribution is -0.123. The van der Waals surface area contributed by atoms with Crippen molar-refractivity contribution in [3.63, 3.8) is 0 Å². The summed E-state index contributed by atoms with van der Waals surface area (Å²) in [5, 5.41) is 7.84. The van der Waals surface area contributed by atoms with E-state index in [9.17, 15) is 4.79 Å². The fourth-order valence-electron chi connectivity index (χ4n) is 4.18. The minimum atomic E-state index is -0.211. The lowest BCUT2D eigenvalue weighted by Crippen LogP contribution is -2.56. The summed E-state index contributed by atoms with van der Waals surface area (Å²) in [5.74, 6) is 2.96. The van der Waals surface area contributed by atoms with E-state index in [0.717, 1.165) is 56.3 Å². The molecule has 0 bridgehead atoms. The molecule has 0 aliphatic carbocycles. The molecule has 150 valence electrons. The third kappa shape index (κ3) is 3.90. The highest BCUT2D eigenvalue weighted by atomic mass is 16.5. The molecule has 7 nitrogen and oxygen atoms in total. The number of aromatic nitrogens is 3. The van der Waals surface area contributed by atoms with Crippen LogP contribution in [0.1, 0.15) is 49.8 Å². The average Bonchev–Trinajstić information content (AvgIpc) is 3.00. The van der Waals surface area contributed by atoms with Crippen LogP contribution < -0.4 is 10.1 Å². The molecule has 2 aliphatic rings. The summed E-state index contributed by atoms with van der Waals surface area (Å²) >= 11 is 0. The van der Waals surface area contributed by atoms with Crippen molar-refractivity contribution in [3.05, 3.63) is 41.5 Å². The first-order valence-corrected chi connectivity index (χ1v) is 10.1. The first-order valence-electron chi connectivity index (χ1n) is 10.1. The summed E-state index contributed by atoms with van der Waals surface area (Å²) < 4.78 is 7.12. The summed E-state index contributed by atoms with van der Waals surface area (Å²) in [6.07, 6.45) is 2.60. The molecule has 2 aromatic rings. The fourth-order valence-corrected chi connectivity index (χ4v) is 4.18. The van der Waals surface area contributed by atoms with Gasteiger partial charge in [-0.15, -0.1) is 0 Å². The van der Waals surface area contributed by atoms with Crippen molar-refractivity contribution >= 4 is 5.91 Å². The van der Waals surface area contributed by atoms with Crippen LogP contribution >= 0.6 is 0 Å². The van der Waals surface area contributed by atoms with E-state index >= 15 is 0 Å². The standard InChI is InChI=1S/C21H29N5O2/c1-15(2)20-22-18-12-21(23-19(27)14-26(18)24-20)7-9-25(10-8-21)13-16-5-4-6-17(11-16)28-3/h4-6,11,15H,7-10,12-14H2,1-3H3,(H,23,27). The number of hydrogen-bond acceptors (Lipinski definition) is 5. The van der Waals surface area contributed by atoms with Gasteiger partial charge in [-0.3, -0.25) is 9.69 Å². The summed E-state index contributed by atoms with van der Waals surface area (Å²) in [5.41, 5.74) is 1.04. The minimum absolute atomic E-state index is 0.0419. The molecule has 1 aromatic carbocycles. The monoisotopic (exact) mass is 383 g/mol. The predicted molar refractivity (Wildman–Crippen MR) is 106 cm³/mol. The number of nitrogens with one attached hydrogen (secondary N) is 1. The van der Waals surface area contributed by atoms with Crippen molar-refractivity contribution in [3.8, 4) is 5.75 Å². The van der Waals surface area contributed by atoms with Gasteiger partial charge in [-0.2, -0.15) is 5.10 Å². The molecule has 0 radical (unpaired) electrons. The number of likely N-dealkylation sites (tertiary alicyclic amines) is 1. The predicted octanol–water partition coefficient (Wildman–Crippen LogP) is 2.12. The highest BCUT2D eigenvalue weighted by molar-refractivity contribution is 5.77. The van der Waals surface area contributed by atoms with Crippen LogP contribution in [0.3, 0.4) is 0 Å². The topological polar surface area (TPSA) is 72.3 Å². The zero-order valence-electron chi connectivity index (χ0n) is 16.9. The van der Waals surface area contributed by atoms with Crippen molar-refractivity contribution < 1.29 is 9.53 Å². The highest BCUT2D eigenvalue weighted by Gasteiger charge is 2.39. The maximum absolute atomic E-state index is 12.5. The van der Waals surface area contributed by atoms with Gasteiger partial charge in [-0.1, -0.05) is 26.0 Å². The molecule has 1 N–H and O–H groups in total.